The Balaban J connectivity index is 2.20. The van der Waals surface area contributed by atoms with E-state index in [0.717, 1.165) is 5.69 Å². The monoisotopic (exact) mass is 264 g/mol. The van der Waals surface area contributed by atoms with Gasteiger partial charge in [-0.1, -0.05) is 11.6 Å². The summed E-state index contributed by atoms with van der Waals surface area (Å²) in [6.45, 7) is 2.66. The highest BCUT2D eigenvalue weighted by Gasteiger charge is 2.07. The topological polar surface area (TPSA) is 52.7 Å². The Bertz CT molecular complexity index is 597. The van der Waals surface area contributed by atoms with Crippen LogP contribution < -0.4 is 0 Å². The number of ketones is 1. The fraction of sp³-hybridized carbons (Fsp3) is 0.250. The molecule has 0 saturated heterocycles. The van der Waals surface area contributed by atoms with Gasteiger partial charge in [-0.3, -0.25) is 14.2 Å². The summed E-state index contributed by atoms with van der Waals surface area (Å²) in [5.41, 5.74) is 1.14. The van der Waals surface area contributed by atoms with Gasteiger partial charge < -0.3 is 0 Å². The maximum atomic E-state index is 11.8. The molecule has 0 aromatic carbocycles. The lowest BCUT2D eigenvalue weighted by Crippen LogP contribution is -2.00. The number of allylic oxidation sites excluding steroid dienone is 1. The first kappa shape index (κ1) is 12.6. The maximum absolute atomic E-state index is 11.8. The predicted molar refractivity (Wildman–Crippen MR) is 69.5 cm³/mol. The number of hydrogen-bond acceptors (Lipinski definition) is 3. The van der Waals surface area contributed by atoms with Crippen molar-refractivity contribution in [2.24, 2.45) is 7.05 Å². The fourth-order valence-corrected chi connectivity index (χ4v) is 1.78. The number of rotatable bonds is 4. The quantitative estimate of drug-likeness (QED) is 0.628. The molecule has 0 spiro atoms. The van der Waals surface area contributed by atoms with Gasteiger partial charge >= 0.3 is 0 Å². The van der Waals surface area contributed by atoms with E-state index in [4.69, 9.17) is 11.6 Å². The molecule has 0 aliphatic rings. The van der Waals surface area contributed by atoms with Crippen molar-refractivity contribution >= 4 is 23.5 Å². The van der Waals surface area contributed by atoms with Crippen molar-refractivity contribution < 1.29 is 4.79 Å². The van der Waals surface area contributed by atoms with Crippen LogP contribution in [-0.2, 0) is 13.6 Å². The highest BCUT2D eigenvalue weighted by Crippen LogP contribution is 2.16. The van der Waals surface area contributed by atoms with Crippen molar-refractivity contribution in [3.05, 3.63) is 40.9 Å². The van der Waals surface area contributed by atoms with E-state index in [1.54, 1.807) is 40.9 Å². The van der Waals surface area contributed by atoms with Crippen molar-refractivity contribution in [3.63, 3.8) is 0 Å². The zero-order valence-corrected chi connectivity index (χ0v) is 10.9. The van der Waals surface area contributed by atoms with Crippen LogP contribution in [-0.4, -0.2) is 25.3 Å². The number of carbonyl (C=O) groups is 1. The van der Waals surface area contributed by atoms with Gasteiger partial charge in [0, 0.05) is 19.8 Å². The molecule has 5 nitrogen and oxygen atoms in total. The lowest BCUT2D eigenvalue weighted by Gasteiger charge is -1.99. The Morgan fingerprint density at radius 3 is 2.94 bits per heavy atom. The van der Waals surface area contributed by atoms with Crippen LogP contribution in [0.5, 0.6) is 0 Å². The molecule has 2 aromatic rings. The molecule has 0 atom stereocenters. The van der Waals surface area contributed by atoms with E-state index < -0.39 is 0 Å². The van der Waals surface area contributed by atoms with Crippen molar-refractivity contribution in [2.45, 2.75) is 13.5 Å². The lowest BCUT2D eigenvalue weighted by molar-refractivity contribution is 0.104. The molecule has 0 unspecified atom stereocenters. The SMILES string of the molecule is CCn1ncc(Cl)c1/C=C/C(=O)c1ccn(C)n1. The molecule has 0 bridgehead atoms. The summed E-state index contributed by atoms with van der Waals surface area (Å²) < 4.78 is 3.31. The largest absolute Gasteiger partial charge is 0.287 e. The van der Waals surface area contributed by atoms with Gasteiger partial charge in [-0.25, -0.2) is 0 Å². The second-order valence-corrected chi connectivity index (χ2v) is 4.17. The first-order valence-electron chi connectivity index (χ1n) is 5.55. The Kier molecular flexibility index (Phi) is 3.62. The molecule has 6 heteroatoms. The zero-order chi connectivity index (χ0) is 13.1. The minimum Gasteiger partial charge on any atom is -0.287 e. The normalized spacial score (nSPS) is 11.3. The van der Waals surface area contributed by atoms with Crippen molar-refractivity contribution in [3.8, 4) is 0 Å². The summed E-state index contributed by atoms with van der Waals surface area (Å²) in [5, 5.41) is 8.66. The van der Waals surface area contributed by atoms with Gasteiger partial charge in [-0.2, -0.15) is 10.2 Å². The Morgan fingerprint density at radius 2 is 2.33 bits per heavy atom. The third kappa shape index (κ3) is 2.51. The highest BCUT2D eigenvalue weighted by molar-refractivity contribution is 6.31. The van der Waals surface area contributed by atoms with Crippen LogP contribution in [0.25, 0.3) is 6.08 Å². The first-order valence-corrected chi connectivity index (χ1v) is 5.93. The van der Waals surface area contributed by atoms with Crippen LogP contribution in [0.15, 0.2) is 24.5 Å². The van der Waals surface area contributed by atoms with Gasteiger partial charge in [0.2, 0.25) is 5.78 Å². The van der Waals surface area contributed by atoms with E-state index in [1.165, 1.54) is 6.08 Å². The molecule has 0 amide bonds. The van der Waals surface area contributed by atoms with E-state index in [9.17, 15) is 4.79 Å². The molecule has 0 N–H and O–H groups in total. The number of nitrogens with zero attached hydrogens (tertiary/aromatic N) is 4. The second-order valence-electron chi connectivity index (χ2n) is 3.77. The molecule has 0 aliphatic carbocycles. The maximum Gasteiger partial charge on any atom is 0.206 e. The highest BCUT2D eigenvalue weighted by atomic mass is 35.5. The third-order valence-electron chi connectivity index (χ3n) is 2.49. The van der Waals surface area contributed by atoms with Crippen LogP contribution >= 0.6 is 11.6 Å². The number of aryl methyl sites for hydroxylation is 2. The van der Waals surface area contributed by atoms with Crippen molar-refractivity contribution in [1.82, 2.24) is 19.6 Å². The second kappa shape index (κ2) is 5.18. The number of aromatic nitrogens is 4. The van der Waals surface area contributed by atoms with Crippen LogP contribution in [0, 0.1) is 0 Å². The van der Waals surface area contributed by atoms with Gasteiger partial charge in [0.25, 0.3) is 0 Å². The van der Waals surface area contributed by atoms with E-state index in [0.29, 0.717) is 17.3 Å². The lowest BCUT2D eigenvalue weighted by atomic mass is 10.2. The molecule has 18 heavy (non-hydrogen) atoms. The van der Waals surface area contributed by atoms with E-state index >= 15 is 0 Å². The first-order chi connectivity index (χ1) is 8.61. The molecule has 2 rings (SSSR count). The molecular formula is C12H13ClN4O. The Labute approximate surface area is 110 Å². The zero-order valence-electron chi connectivity index (χ0n) is 10.2. The van der Waals surface area contributed by atoms with Gasteiger partial charge in [0.15, 0.2) is 0 Å². The average molecular weight is 265 g/mol. The van der Waals surface area contributed by atoms with Crippen LogP contribution in [0.3, 0.4) is 0 Å². The van der Waals surface area contributed by atoms with Crippen molar-refractivity contribution in [2.75, 3.05) is 0 Å². The molecular weight excluding hydrogens is 252 g/mol. The van der Waals surface area contributed by atoms with E-state index in [-0.39, 0.29) is 5.78 Å². The molecule has 94 valence electrons. The molecule has 0 saturated carbocycles. The molecule has 0 radical (unpaired) electrons. The Hall–Kier alpha value is -1.88. The van der Waals surface area contributed by atoms with E-state index in [1.807, 2.05) is 6.92 Å². The fourth-order valence-electron chi connectivity index (χ4n) is 1.58. The van der Waals surface area contributed by atoms with Gasteiger partial charge in [0.1, 0.15) is 5.69 Å². The minimum absolute atomic E-state index is 0.157. The predicted octanol–water partition coefficient (Wildman–Crippen LogP) is 2.19. The Morgan fingerprint density at radius 1 is 1.56 bits per heavy atom. The molecule has 2 aromatic heterocycles. The summed E-state index contributed by atoms with van der Waals surface area (Å²) in [7, 11) is 1.77. The van der Waals surface area contributed by atoms with E-state index in [2.05, 4.69) is 10.2 Å². The van der Waals surface area contributed by atoms with Crippen LogP contribution in [0.2, 0.25) is 5.02 Å². The van der Waals surface area contributed by atoms with Gasteiger partial charge in [-0.15, -0.1) is 0 Å². The average Bonchev–Trinajstić information content (AvgIpc) is 2.93. The van der Waals surface area contributed by atoms with Crippen molar-refractivity contribution in [1.29, 1.82) is 0 Å². The minimum atomic E-state index is -0.157. The molecule has 0 aliphatic heterocycles. The molecule has 0 fully saturated rings. The van der Waals surface area contributed by atoms with Gasteiger partial charge in [-0.05, 0) is 25.1 Å². The summed E-state index contributed by atoms with van der Waals surface area (Å²) in [6.07, 6.45) is 6.41. The molecule has 2 heterocycles. The van der Waals surface area contributed by atoms with Crippen LogP contribution in [0.1, 0.15) is 23.1 Å². The van der Waals surface area contributed by atoms with Gasteiger partial charge in [0.05, 0.1) is 16.9 Å². The third-order valence-corrected chi connectivity index (χ3v) is 2.78. The summed E-state index contributed by atoms with van der Waals surface area (Å²) >= 11 is 5.99. The summed E-state index contributed by atoms with van der Waals surface area (Å²) in [4.78, 5) is 11.8. The number of carbonyl (C=O) groups excluding carboxylic acids is 1. The standard InChI is InChI=1S/C12H13ClN4O/c1-3-17-11(9(13)8-14-17)4-5-12(18)10-6-7-16(2)15-10/h4-8H,3H2,1-2H3/b5-4+. The summed E-state index contributed by atoms with van der Waals surface area (Å²) in [6, 6.07) is 1.67. The van der Waals surface area contributed by atoms with Crippen LogP contribution in [0.4, 0.5) is 0 Å². The number of halogens is 1. The number of hydrogen-bond donors (Lipinski definition) is 0. The summed E-state index contributed by atoms with van der Waals surface area (Å²) in [5.74, 6) is -0.157. The smallest absolute Gasteiger partial charge is 0.206 e.